The molecule has 0 saturated carbocycles. The Balaban J connectivity index is 0.000000253. The van der Waals surface area contributed by atoms with Crippen LogP contribution in [0.2, 0.25) is 0 Å². The van der Waals surface area contributed by atoms with Crippen LogP contribution in [-0.2, 0) is 6.54 Å². The smallest absolute Gasteiger partial charge is 0.276 e. The molecule has 0 amide bonds. The van der Waals surface area contributed by atoms with Crippen molar-refractivity contribution in [1.29, 1.82) is 5.26 Å². The Labute approximate surface area is 175 Å². The second-order valence-electron chi connectivity index (χ2n) is 5.68. The van der Waals surface area contributed by atoms with E-state index in [4.69, 9.17) is 5.26 Å². The molecule has 3 rings (SSSR count). The van der Waals surface area contributed by atoms with Gasteiger partial charge < -0.3 is 0 Å². The molecule has 2 aromatic heterocycles. The molecule has 9 nitrogen and oxygen atoms in total. The van der Waals surface area contributed by atoms with Gasteiger partial charge in [-0.25, -0.2) is 0 Å². The van der Waals surface area contributed by atoms with Crippen LogP contribution >= 0.6 is 23.5 Å². The van der Waals surface area contributed by atoms with Crippen LogP contribution < -0.4 is 11.1 Å². The fourth-order valence-corrected chi connectivity index (χ4v) is 3.00. The van der Waals surface area contributed by atoms with Crippen LogP contribution in [0.15, 0.2) is 44.2 Å². The second-order valence-corrected chi connectivity index (χ2v) is 7.25. The molecule has 0 aliphatic carbocycles. The van der Waals surface area contributed by atoms with Gasteiger partial charge in [-0.05, 0) is 38.0 Å². The third-order valence-electron chi connectivity index (χ3n) is 3.75. The molecule has 29 heavy (non-hydrogen) atoms. The zero-order valence-electron chi connectivity index (χ0n) is 16.3. The minimum Gasteiger partial charge on any atom is -0.298 e. The number of nitriles is 1. The number of H-pyrrole nitrogens is 1. The van der Waals surface area contributed by atoms with E-state index in [1.807, 2.05) is 24.6 Å². The number of rotatable bonds is 4. The topological polar surface area (TPSA) is 130 Å². The van der Waals surface area contributed by atoms with Gasteiger partial charge in [-0.3, -0.25) is 19.1 Å². The lowest BCUT2D eigenvalue weighted by atomic mass is 10.1. The van der Waals surface area contributed by atoms with Crippen LogP contribution in [0, 0.1) is 25.2 Å². The Morgan fingerprint density at radius 1 is 1.03 bits per heavy atom. The van der Waals surface area contributed by atoms with Crippen molar-refractivity contribution < 1.29 is 0 Å². The number of hydrogen-bond donors (Lipinski definition) is 1. The summed E-state index contributed by atoms with van der Waals surface area (Å²) in [6.07, 6.45) is 3.67. The molecular formula is C18H19N7O2S2. The summed E-state index contributed by atoms with van der Waals surface area (Å²) in [5.74, 6) is 0. The lowest BCUT2D eigenvalue weighted by Crippen LogP contribution is -2.27. The number of nitrogens with zero attached hydrogens (tertiary/aromatic N) is 6. The van der Waals surface area contributed by atoms with Gasteiger partial charge in [0.2, 0.25) is 0 Å². The fraction of sp³-hybridized carbons (Fsp3) is 0.278. The van der Waals surface area contributed by atoms with Crippen LogP contribution in [-0.4, -0.2) is 42.5 Å². The average Bonchev–Trinajstić information content (AvgIpc) is 2.74. The maximum atomic E-state index is 12.1. The molecule has 3 aromatic rings. The zero-order chi connectivity index (χ0) is 21.4. The first kappa shape index (κ1) is 22.3. The van der Waals surface area contributed by atoms with E-state index in [2.05, 4.69) is 31.4 Å². The Morgan fingerprint density at radius 2 is 1.72 bits per heavy atom. The molecule has 1 aromatic carbocycles. The Morgan fingerprint density at radius 3 is 2.34 bits per heavy atom. The number of aromatic nitrogens is 6. The predicted molar refractivity (Wildman–Crippen MR) is 112 cm³/mol. The van der Waals surface area contributed by atoms with Crippen molar-refractivity contribution in [3.63, 3.8) is 0 Å². The molecular weight excluding hydrogens is 410 g/mol. The quantitative estimate of drug-likeness (QED) is 0.617. The van der Waals surface area contributed by atoms with E-state index >= 15 is 0 Å². The number of thioether (sulfide) groups is 2. The van der Waals surface area contributed by atoms with Crippen molar-refractivity contribution in [1.82, 2.24) is 29.9 Å². The van der Waals surface area contributed by atoms with E-state index < -0.39 is 0 Å². The number of nitrogens with one attached hydrogen (secondary N) is 1. The summed E-state index contributed by atoms with van der Waals surface area (Å²) in [7, 11) is 0. The van der Waals surface area contributed by atoms with Crippen LogP contribution in [0.5, 0.6) is 0 Å². The highest BCUT2D eigenvalue weighted by atomic mass is 32.2. The van der Waals surface area contributed by atoms with Gasteiger partial charge in [0.05, 0.1) is 18.2 Å². The molecule has 2 heterocycles. The number of aryl methyl sites for hydroxylation is 2. The van der Waals surface area contributed by atoms with Crippen LogP contribution in [0.1, 0.15) is 22.5 Å². The largest absolute Gasteiger partial charge is 0.298 e. The van der Waals surface area contributed by atoms with Crippen molar-refractivity contribution >= 4 is 23.5 Å². The van der Waals surface area contributed by atoms with E-state index in [1.54, 1.807) is 30.5 Å². The van der Waals surface area contributed by atoms with Crippen molar-refractivity contribution in [2.24, 2.45) is 0 Å². The fourth-order valence-electron chi connectivity index (χ4n) is 2.20. The molecule has 0 aliphatic rings. The van der Waals surface area contributed by atoms with Crippen molar-refractivity contribution in [3.05, 3.63) is 67.5 Å². The third-order valence-corrected chi connectivity index (χ3v) is 4.99. The summed E-state index contributed by atoms with van der Waals surface area (Å²) in [5.41, 5.74) is 1.78. The van der Waals surface area contributed by atoms with Gasteiger partial charge in [0.25, 0.3) is 11.1 Å². The molecule has 150 valence electrons. The molecule has 0 radical (unpaired) electrons. The molecule has 11 heteroatoms. The summed E-state index contributed by atoms with van der Waals surface area (Å²) in [4.78, 5) is 25.5. The van der Waals surface area contributed by atoms with Gasteiger partial charge in [-0.1, -0.05) is 41.7 Å². The van der Waals surface area contributed by atoms with Gasteiger partial charge in [0.1, 0.15) is 11.4 Å². The van der Waals surface area contributed by atoms with Crippen molar-refractivity contribution in [2.45, 2.75) is 30.7 Å². The van der Waals surface area contributed by atoms with E-state index in [0.29, 0.717) is 33.8 Å². The molecule has 0 spiro atoms. The summed E-state index contributed by atoms with van der Waals surface area (Å²) in [6, 6.07) is 9.35. The monoisotopic (exact) mass is 429 g/mol. The van der Waals surface area contributed by atoms with Crippen LogP contribution in [0.25, 0.3) is 0 Å². The highest BCUT2D eigenvalue weighted by Gasteiger charge is 2.11. The van der Waals surface area contributed by atoms with E-state index in [9.17, 15) is 9.59 Å². The summed E-state index contributed by atoms with van der Waals surface area (Å²) >= 11 is 2.72. The van der Waals surface area contributed by atoms with Crippen molar-refractivity contribution in [3.8, 4) is 6.07 Å². The first-order valence-corrected chi connectivity index (χ1v) is 10.8. The SMILES string of the molecule is CSc1nnc(C)c(=O)[nH]1.CSc1nnc(C)c(=O)n1Cc1ccccc1C#N. The standard InChI is InChI=1S/C13H12N4OS.C5H7N3OS/c1-9-12(18)17(13(19-2)16-15-9)8-11-6-4-3-5-10(11)7-14;1-3-4(9)6-5(10-2)8-7-3/h3-6H,8H2,1-2H3;1-2H3,(H,6,8,9). The summed E-state index contributed by atoms with van der Waals surface area (Å²) < 4.78 is 1.54. The minimum atomic E-state index is -0.174. The maximum Gasteiger partial charge on any atom is 0.276 e. The molecule has 1 N–H and O–H groups in total. The van der Waals surface area contributed by atoms with E-state index in [-0.39, 0.29) is 11.1 Å². The second kappa shape index (κ2) is 10.5. The molecule has 0 aliphatic heterocycles. The summed E-state index contributed by atoms with van der Waals surface area (Å²) in [5, 5.41) is 25.3. The van der Waals surface area contributed by atoms with Gasteiger partial charge in [0, 0.05) is 0 Å². The van der Waals surface area contributed by atoms with E-state index in [0.717, 1.165) is 5.56 Å². The average molecular weight is 430 g/mol. The van der Waals surface area contributed by atoms with Gasteiger partial charge in [0.15, 0.2) is 10.3 Å². The minimum absolute atomic E-state index is 0.167. The highest BCUT2D eigenvalue weighted by molar-refractivity contribution is 7.98. The molecule has 0 unspecified atom stereocenters. The lowest BCUT2D eigenvalue weighted by molar-refractivity contribution is 0.601. The van der Waals surface area contributed by atoms with Gasteiger partial charge in [-0.15, -0.1) is 20.4 Å². The first-order chi connectivity index (χ1) is 13.9. The first-order valence-electron chi connectivity index (χ1n) is 8.35. The highest BCUT2D eigenvalue weighted by Crippen LogP contribution is 2.13. The van der Waals surface area contributed by atoms with Crippen LogP contribution in [0.3, 0.4) is 0 Å². The molecule has 0 atom stereocenters. The number of benzene rings is 1. The normalized spacial score (nSPS) is 10.0. The molecule has 0 saturated heterocycles. The number of hydrogen-bond acceptors (Lipinski definition) is 9. The van der Waals surface area contributed by atoms with E-state index in [1.165, 1.54) is 23.5 Å². The Kier molecular flexibility index (Phi) is 8.11. The number of aromatic amines is 1. The zero-order valence-corrected chi connectivity index (χ0v) is 18.0. The maximum absolute atomic E-state index is 12.1. The van der Waals surface area contributed by atoms with Gasteiger partial charge in [-0.2, -0.15) is 5.26 Å². The Hall–Kier alpha value is -2.97. The van der Waals surface area contributed by atoms with Gasteiger partial charge >= 0.3 is 0 Å². The summed E-state index contributed by atoms with van der Waals surface area (Å²) in [6.45, 7) is 3.58. The third kappa shape index (κ3) is 5.75. The Bertz CT molecular complexity index is 1150. The lowest BCUT2D eigenvalue weighted by Gasteiger charge is -2.10. The molecule has 0 bridgehead atoms. The van der Waals surface area contributed by atoms with Crippen molar-refractivity contribution in [2.75, 3.05) is 12.5 Å². The van der Waals surface area contributed by atoms with Crippen LogP contribution in [0.4, 0.5) is 0 Å². The molecule has 0 fully saturated rings. The predicted octanol–water partition coefficient (Wildman–Crippen LogP) is 1.78.